The first-order valence-electron chi connectivity index (χ1n) is 14.0. The maximum Gasteiger partial charge on any atom is 0.322 e. The molecule has 1 N–H and O–H groups in total. The number of amides is 1. The molecule has 0 heterocycles. The van der Waals surface area contributed by atoms with E-state index in [0.29, 0.717) is 25.2 Å². The second kappa shape index (κ2) is 17.6. The quantitative estimate of drug-likeness (QED) is 0.175. The monoisotopic (exact) mass is 509 g/mol. The molecule has 0 atom stereocenters. The molecule has 0 radical (unpaired) electrons. The Bertz CT molecular complexity index is 910. The van der Waals surface area contributed by atoms with Gasteiger partial charge in [0.25, 0.3) is 5.91 Å². The molecule has 2 aromatic carbocycles. The van der Waals surface area contributed by atoms with Crippen molar-refractivity contribution >= 4 is 17.6 Å². The lowest BCUT2D eigenvalue weighted by molar-refractivity contribution is -0.194. The van der Waals surface area contributed by atoms with Gasteiger partial charge in [-0.3, -0.25) is 9.59 Å². The standard InChI is InChI=1S/C31H47N3O3/c1-5-6-7-8-9-10-11-12-13-14-23-32-31(36)29-19-15-27(16-20-29)24-34(37-26(2)35)25-28-17-21-30(22-18-28)33(3)4/h15-22H,5-14,23-25H2,1-4H3,(H,32,36). The number of carbonyl (C=O) groups excluding carboxylic acids is 2. The van der Waals surface area contributed by atoms with Gasteiger partial charge >= 0.3 is 5.97 Å². The number of rotatable bonds is 18. The van der Waals surface area contributed by atoms with Crippen LogP contribution in [0.5, 0.6) is 0 Å². The Morgan fingerprint density at radius 1 is 0.730 bits per heavy atom. The molecule has 0 saturated heterocycles. The molecule has 6 nitrogen and oxygen atoms in total. The highest BCUT2D eigenvalue weighted by molar-refractivity contribution is 5.94. The number of unbranched alkanes of at least 4 members (excludes halogenated alkanes) is 9. The van der Waals surface area contributed by atoms with Gasteiger partial charge in [0.05, 0.1) is 13.1 Å². The van der Waals surface area contributed by atoms with E-state index < -0.39 is 0 Å². The van der Waals surface area contributed by atoms with E-state index in [2.05, 4.69) is 12.2 Å². The lowest BCUT2D eigenvalue weighted by Crippen LogP contribution is -2.26. The number of hydrogen-bond acceptors (Lipinski definition) is 5. The number of hydrogen-bond donors (Lipinski definition) is 1. The average Bonchev–Trinajstić information content (AvgIpc) is 2.87. The molecule has 37 heavy (non-hydrogen) atoms. The molecule has 6 heteroatoms. The van der Waals surface area contributed by atoms with Crippen molar-refractivity contribution < 1.29 is 14.4 Å². The van der Waals surface area contributed by atoms with Crippen LogP contribution in [0.2, 0.25) is 0 Å². The zero-order valence-corrected chi connectivity index (χ0v) is 23.4. The zero-order valence-electron chi connectivity index (χ0n) is 23.4. The van der Waals surface area contributed by atoms with Gasteiger partial charge in [0.1, 0.15) is 0 Å². The fourth-order valence-corrected chi connectivity index (χ4v) is 4.29. The molecule has 0 fully saturated rings. The molecule has 0 aliphatic rings. The van der Waals surface area contributed by atoms with Gasteiger partial charge in [-0.25, -0.2) is 0 Å². The predicted octanol–water partition coefficient (Wildman–Crippen LogP) is 6.88. The van der Waals surface area contributed by atoms with Crippen LogP contribution in [0.25, 0.3) is 0 Å². The molecule has 0 spiro atoms. The minimum absolute atomic E-state index is 0.0414. The smallest absolute Gasteiger partial charge is 0.322 e. The molecule has 1 amide bonds. The summed E-state index contributed by atoms with van der Waals surface area (Å²) in [6.45, 7) is 5.29. The third kappa shape index (κ3) is 12.8. The molecular formula is C31H47N3O3. The van der Waals surface area contributed by atoms with E-state index in [-0.39, 0.29) is 11.9 Å². The van der Waals surface area contributed by atoms with Gasteiger partial charge in [-0.15, -0.1) is 5.06 Å². The van der Waals surface area contributed by atoms with Gasteiger partial charge in [-0.1, -0.05) is 89.0 Å². The molecule has 0 saturated carbocycles. The van der Waals surface area contributed by atoms with Crippen molar-refractivity contribution in [2.75, 3.05) is 25.5 Å². The van der Waals surface area contributed by atoms with Gasteiger partial charge in [-0.2, -0.15) is 0 Å². The lowest BCUT2D eigenvalue weighted by atomic mass is 10.1. The maximum absolute atomic E-state index is 12.5. The third-order valence-corrected chi connectivity index (χ3v) is 6.46. The van der Waals surface area contributed by atoms with Crippen LogP contribution >= 0.6 is 0 Å². The fourth-order valence-electron chi connectivity index (χ4n) is 4.29. The number of anilines is 1. The summed E-state index contributed by atoms with van der Waals surface area (Å²) >= 11 is 0. The summed E-state index contributed by atoms with van der Waals surface area (Å²) in [5.74, 6) is -0.395. The van der Waals surface area contributed by atoms with Crippen LogP contribution in [0.3, 0.4) is 0 Å². The number of nitrogens with one attached hydrogen (secondary N) is 1. The van der Waals surface area contributed by atoms with E-state index >= 15 is 0 Å². The molecule has 2 rings (SSSR count). The summed E-state index contributed by atoms with van der Waals surface area (Å²) in [6, 6.07) is 15.7. The molecule has 2 aromatic rings. The zero-order chi connectivity index (χ0) is 26.9. The maximum atomic E-state index is 12.5. The first kappa shape index (κ1) is 30.4. The van der Waals surface area contributed by atoms with Crippen molar-refractivity contribution in [3.05, 3.63) is 65.2 Å². The largest absolute Gasteiger partial charge is 0.378 e. The normalized spacial score (nSPS) is 10.9. The summed E-state index contributed by atoms with van der Waals surface area (Å²) < 4.78 is 0. The Morgan fingerprint density at radius 3 is 1.70 bits per heavy atom. The van der Waals surface area contributed by atoms with Crippen LogP contribution in [-0.4, -0.2) is 37.6 Å². The Balaban J connectivity index is 1.73. The summed E-state index contributed by atoms with van der Waals surface area (Å²) in [7, 11) is 4.00. The minimum atomic E-state index is -0.354. The van der Waals surface area contributed by atoms with Crippen LogP contribution in [0.1, 0.15) is 99.5 Å². The Morgan fingerprint density at radius 2 is 1.22 bits per heavy atom. The van der Waals surface area contributed by atoms with Gasteiger partial charge in [0, 0.05) is 38.8 Å². The molecule has 204 valence electrons. The number of hydroxylamine groups is 2. The minimum Gasteiger partial charge on any atom is -0.378 e. The van der Waals surface area contributed by atoms with Crippen LogP contribution in [0, 0.1) is 0 Å². The average molecular weight is 510 g/mol. The Hall–Kier alpha value is -2.86. The fraction of sp³-hybridized carbons (Fsp3) is 0.548. The number of carbonyl (C=O) groups is 2. The topological polar surface area (TPSA) is 61.9 Å². The Kier molecular flexibility index (Phi) is 14.4. The lowest BCUT2D eigenvalue weighted by Gasteiger charge is -2.21. The van der Waals surface area contributed by atoms with E-state index in [0.717, 1.165) is 29.7 Å². The van der Waals surface area contributed by atoms with Crippen molar-refractivity contribution in [3.8, 4) is 0 Å². The summed E-state index contributed by atoms with van der Waals surface area (Å²) in [5, 5.41) is 4.68. The van der Waals surface area contributed by atoms with Crippen LogP contribution < -0.4 is 10.2 Å². The second-order valence-electron chi connectivity index (χ2n) is 10.1. The summed E-state index contributed by atoms with van der Waals surface area (Å²) in [4.78, 5) is 31.6. The van der Waals surface area contributed by atoms with Crippen LogP contribution in [-0.2, 0) is 22.7 Å². The van der Waals surface area contributed by atoms with Gasteiger partial charge < -0.3 is 15.1 Å². The predicted molar refractivity (Wildman–Crippen MR) is 152 cm³/mol. The summed E-state index contributed by atoms with van der Waals surface area (Å²) in [6.07, 6.45) is 12.8. The van der Waals surface area contributed by atoms with E-state index in [1.165, 1.54) is 58.3 Å². The highest BCUT2D eigenvalue weighted by Gasteiger charge is 2.12. The molecule has 0 aromatic heterocycles. The van der Waals surface area contributed by atoms with Crippen molar-refractivity contribution in [1.82, 2.24) is 10.4 Å². The van der Waals surface area contributed by atoms with E-state index in [1.54, 1.807) is 5.06 Å². The van der Waals surface area contributed by atoms with Gasteiger partial charge in [0.2, 0.25) is 0 Å². The second-order valence-corrected chi connectivity index (χ2v) is 10.1. The van der Waals surface area contributed by atoms with Crippen LogP contribution in [0.15, 0.2) is 48.5 Å². The first-order chi connectivity index (χ1) is 17.9. The van der Waals surface area contributed by atoms with E-state index in [4.69, 9.17) is 4.84 Å². The molecule has 0 unspecified atom stereocenters. The Labute approximate surface area is 224 Å². The van der Waals surface area contributed by atoms with Crippen LogP contribution in [0.4, 0.5) is 5.69 Å². The molecule has 0 aliphatic heterocycles. The highest BCUT2D eigenvalue weighted by atomic mass is 16.7. The van der Waals surface area contributed by atoms with Crippen molar-refractivity contribution in [2.45, 2.75) is 91.1 Å². The highest BCUT2D eigenvalue weighted by Crippen LogP contribution is 2.16. The van der Waals surface area contributed by atoms with Crippen molar-refractivity contribution in [3.63, 3.8) is 0 Å². The van der Waals surface area contributed by atoms with Gasteiger partial charge in [-0.05, 0) is 41.8 Å². The molecule has 0 aliphatic carbocycles. The van der Waals surface area contributed by atoms with E-state index in [9.17, 15) is 9.59 Å². The van der Waals surface area contributed by atoms with Crippen molar-refractivity contribution in [1.29, 1.82) is 0 Å². The SMILES string of the molecule is CCCCCCCCCCCCNC(=O)c1ccc(CN(Cc2ccc(N(C)C)cc2)OC(C)=O)cc1. The molecule has 0 bridgehead atoms. The third-order valence-electron chi connectivity index (χ3n) is 6.46. The summed E-state index contributed by atoms with van der Waals surface area (Å²) in [5.41, 5.74) is 3.78. The van der Waals surface area contributed by atoms with Crippen molar-refractivity contribution in [2.24, 2.45) is 0 Å². The number of benzene rings is 2. The van der Waals surface area contributed by atoms with E-state index in [1.807, 2.05) is 67.5 Å². The first-order valence-corrected chi connectivity index (χ1v) is 14.0. The van der Waals surface area contributed by atoms with Gasteiger partial charge in [0.15, 0.2) is 0 Å². The molecular weight excluding hydrogens is 462 g/mol. The number of nitrogens with zero attached hydrogens (tertiary/aromatic N) is 2.